The van der Waals surface area contributed by atoms with Crippen molar-refractivity contribution in [2.45, 2.75) is 32.4 Å². The van der Waals surface area contributed by atoms with Crippen LogP contribution in [-0.2, 0) is 4.74 Å². The zero-order valence-electron chi connectivity index (χ0n) is 11.2. The molecule has 0 saturated heterocycles. The number of hydrogen-bond acceptors (Lipinski definition) is 3. The molecule has 0 aliphatic rings. The lowest BCUT2D eigenvalue weighted by molar-refractivity contribution is 0.0505. The minimum atomic E-state index is -0.592. The molecule has 1 atom stereocenters. The monoisotopic (exact) mass is 332 g/mol. The number of nitrogens with two attached hydrogens (primary N) is 1. The summed E-state index contributed by atoms with van der Waals surface area (Å²) in [7, 11) is 0. The van der Waals surface area contributed by atoms with E-state index in [9.17, 15) is 9.18 Å². The average Bonchev–Trinajstić information content (AvgIpc) is 2.21. The Morgan fingerprint density at radius 2 is 2.11 bits per heavy atom. The number of hydrogen-bond donors (Lipinski definition) is 2. The summed E-state index contributed by atoms with van der Waals surface area (Å²) >= 11 is 3.20. The van der Waals surface area contributed by atoms with Crippen LogP contribution in [0.1, 0.15) is 32.4 Å². The first-order valence-corrected chi connectivity index (χ1v) is 6.66. The van der Waals surface area contributed by atoms with Crippen molar-refractivity contribution in [2.24, 2.45) is 5.73 Å². The summed E-state index contributed by atoms with van der Waals surface area (Å²) in [5, 5.41) is 2.62. The van der Waals surface area contributed by atoms with Gasteiger partial charge in [0.15, 0.2) is 0 Å². The van der Waals surface area contributed by atoms with Crippen molar-refractivity contribution in [3.8, 4) is 0 Å². The Morgan fingerprint density at radius 3 is 2.58 bits per heavy atom. The Hall–Kier alpha value is -1.14. The fraction of sp³-hybridized carbons (Fsp3) is 0.462. The van der Waals surface area contributed by atoms with Gasteiger partial charge in [0.25, 0.3) is 0 Å². The van der Waals surface area contributed by atoms with Gasteiger partial charge in [0.05, 0.1) is 6.04 Å². The number of carbonyl (C=O) groups is 1. The number of alkyl carbamates (subject to hydrolysis) is 1. The van der Waals surface area contributed by atoms with E-state index in [0.29, 0.717) is 10.0 Å². The number of nitrogens with one attached hydrogen (secondary N) is 1. The lowest BCUT2D eigenvalue weighted by Crippen LogP contribution is -2.37. The number of halogens is 2. The highest BCUT2D eigenvalue weighted by Crippen LogP contribution is 2.20. The molecule has 19 heavy (non-hydrogen) atoms. The molecule has 0 fully saturated rings. The van der Waals surface area contributed by atoms with Crippen LogP contribution in [0.5, 0.6) is 0 Å². The van der Waals surface area contributed by atoms with E-state index in [-0.39, 0.29) is 6.54 Å². The van der Waals surface area contributed by atoms with Crippen molar-refractivity contribution < 1.29 is 13.9 Å². The van der Waals surface area contributed by atoms with Gasteiger partial charge >= 0.3 is 6.09 Å². The number of rotatable bonds is 3. The molecule has 1 aromatic carbocycles. The zero-order valence-corrected chi connectivity index (χ0v) is 12.8. The molecule has 4 nitrogen and oxygen atoms in total. The molecule has 0 bridgehead atoms. The first-order chi connectivity index (χ1) is 8.71. The van der Waals surface area contributed by atoms with Crippen molar-refractivity contribution in [3.63, 3.8) is 0 Å². The second kappa shape index (κ2) is 6.34. The van der Waals surface area contributed by atoms with Gasteiger partial charge in [-0.2, -0.15) is 0 Å². The van der Waals surface area contributed by atoms with E-state index >= 15 is 0 Å². The summed E-state index contributed by atoms with van der Waals surface area (Å²) in [6.07, 6.45) is -0.580. The Morgan fingerprint density at radius 1 is 1.47 bits per heavy atom. The number of ether oxygens (including phenoxy) is 1. The van der Waals surface area contributed by atoms with Crippen LogP contribution in [0.4, 0.5) is 9.18 Å². The van der Waals surface area contributed by atoms with Crippen molar-refractivity contribution in [2.75, 3.05) is 6.54 Å². The smallest absolute Gasteiger partial charge is 0.408 e. The fourth-order valence-corrected chi connectivity index (χ4v) is 1.99. The van der Waals surface area contributed by atoms with Crippen molar-refractivity contribution in [1.29, 1.82) is 0 Å². The first-order valence-electron chi connectivity index (χ1n) is 5.87. The summed E-state index contributed by atoms with van der Waals surface area (Å²) < 4.78 is 19.0. The first kappa shape index (κ1) is 15.9. The summed E-state index contributed by atoms with van der Waals surface area (Å²) in [5.74, 6) is -0.395. The van der Waals surface area contributed by atoms with E-state index in [0.717, 1.165) is 0 Å². The molecule has 0 aliphatic carbocycles. The van der Waals surface area contributed by atoms with Gasteiger partial charge in [-0.25, -0.2) is 9.18 Å². The quantitative estimate of drug-likeness (QED) is 0.893. The lowest BCUT2D eigenvalue weighted by atomic mass is 10.1. The molecule has 1 amide bonds. The minimum Gasteiger partial charge on any atom is -0.444 e. The summed E-state index contributed by atoms with van der Waals surface area (Å²) in [6.45, 7) is 5.45. The van der Waals surface area contributed by atoms with Crippen LogP contribution in [-0.4, -0.2) is 18.2 Å². The lowest BCUT2D eigenvalue weighted by Gasteiger charge is -2.23. The van der Waals surface area contributed by atoms with Gasteiger partial charge in [-0.15, -0.1) is 0 Å². The van der Waals surface area contributed by atoms with E-state index in [1.807, 2.05) is 0 Å². The highest BCUT2D eigenvalue weighted by Gasteiger charge is 2.20. The standard InChI is InChI=1S/C13H18BrFN2O2/c1-13(2,3)19-12(18)17-11(7-16)8-4-9(14)6-10(15)5-8/h4-6,11H,7,16H2,1-3H3,(H,17,18). The average molecular weight is 333 g/mol. The summed E-state index contributed by atoms with van der Waals surface area (Å²) in [5.41, 5.74) is 5.60. The van der Waals surface area contributed by atoms with Gasteiger partial charge in [-0.3, -0.25) is 0 Å². The third-order valence-electron chi connectivity index (χ3n) is 2.21. The topological polar surface area (TPSA) is 64.3 Å². The van der Waals surface area contributed by atoms with Crippen LogP contribution in [0.15, 0.2) is 22.7 Å². The summed E-state index contributed by atoms with van der Waals surface area (Å²) in [6, 6.07) is 3.88. The Labute approximate surface area is 120 Å². The van der Waals surface area contributed by atoms with Gasteiger partial charge in [0.1, 0.15) is 11.4 Å². The fourth-order valence-electron chi connectivity index (χ4n) is 1.50. The highest BCUT2D eigenvalue weighted by molar-refractivity contribution is 9.10. The van der Waals surface area contributed by atoms with E-state index < -0.39 is 23.6 Å². The third-order valence-corrected chi connectivity index (χ3v) is 2.67. The SMILES string of the molecule is CC(C)(C)OC(=O)NC(CN)c1cc(F)cc(Br)c1. The molecule has 0 heterocycles. The maximum Gasteiger partial charge on any atom is 0.408 e. The molecule has 6 heteroatoms. The van der Waals surface area contributed by atoms with Crippen LogP contribution < -0.4 is 11.1 Å². The van der Waals surface area contributed by atoms with Crippen LogP contribution in [0.2, 0.25) is 0 Å². The van der Waals surface area contributed by atoms with Crippen molar-refractivity contribution in [1.82, 2.24) is 5.32 Å². The van der Waals surface area contributed by atoms with Gasteiger partial charge in [0.2, 0.25) is 0 Å². The molecule has 0 radical (unpaired) electrons. The molecule has 0 aromatic heterocycles. The highest BCUT2D eigenvalue weighted by atomic mass is 79.9. The maximum absolute atomic E-state index is 13.3. The van der Waals surface area contributed by atoms with E-state index in [4.69, 9.17) is 10.5 Å². The normalized spacial score (nSPS) is 12.9. The van der Waals surface area contributed by atoms with Gasteiger partial charge in [0, 0.05) is 11.0 Å². The van der Waals surface area contributed by atoms with Crippen LogP contribution in [0, 0.1) is 5.82 Å². The largest absolute Gasteiger partial charge is 0.444 e. The van der Waals surface area contributed by atoms with Gasteiger partial charge < -0.3 is 15.8 Å². The summed E-state index contributed by atoms with van der Waals surface area (Å²) in [4.78, 5) is 11.7. The zero-order chi connectivity index (χ0) is 14.6. The molecule has 0 aliphatic heterocycles. The van der Waals surface area contributed by atoms with Gasteiger partial charge in [-0.05, 0) is 44.5 Å². The molecular weight excluding hydrogens is 315 g/mol. The van der Waals surface area contributed by atoms with Crippen molar-refractivity contribution in [3.05, 3.63) is 34.1 Å². The maximum atomic E-state index is 13.3. The van der Waals surface area contributed by atoms with Crippen LogP contribution in [0.3, 0.4) is 0 Å². The Balaban J connectivity index is 2.81. The van der Waals surface area contributed by atoms with Gasteiger partial charge in [-0.1, -0.05) is 15.9 Å². The molecule has 0 saturated carbocycles. The molecule has 1 unspecified atom stereocenters. The van der Waals surface area contributed by atoms with E-state index in [2.05, 4.69) is 21.2 Å². The Kier molecular flexibility index (Phi) is 5.31. The van der Waals surface area contributed by atoms with Crippen LogP contribution >= 0.6 is 15.9 Å². The Bertz CT molecular complexity index is 440. The van der Waals surface area contributed by atoms with Crippen molar-refractivity contribution >= 4 is 22.0 Å². The second-order valence-electron chi connectivity index (χ2n) is 5.14. The number of amides is 1. The third kappa shape index (κ3) is 5.57. The minimum absolute atomic E-state index is 0.148. The molecule has 1 rings (SSSR count). The molecule has 1 aromatic rings. The predicted octanol–water partition coefficient (Wildman–Crippen LogP) is 3.11. The van der Waals surface area contributed by atoms with E-state index in [1.54, 1.807) is 26.8 Å². The second-order valence-corrected chi connectivity index (χ2v) is 6.05. The molecule has 0 spiro atoms. The molecule has 3 N–H and O–H groups in total. The number of carbonyl (C=O) groups excluding carboxylic acids is 1. The molecule has 106 valence electrons. The van der Waals surface area contributed by atoms with E-state index in [1.165, 1.54) is 12.1 Å². The van der Waals surface area contributed by atoms with Crippen LogP contribution in [0.25, 0.3) is 0 Å². The number of benzene rings is 1. The predicted molar refractivity (Wildman–Crippen MR) is 75.3 cm³/mol. The molecular formula is C13H18BrFN2O2.